The number of nitrogens with zero attached hydrogens (tertiary/aromatic N) is 2. The topological polar surface area (TPSA) is 105 Å². The number of nitrogens with one attached hydrogen (secondary N) is 1. The van der Waals surface area contributed by atoms with Gasteiger partial charge in [-0.05, 0) is 50.1 Å². The highest BCUT2D eigenvalue weighted by Crippen LogP contribution is 2.44. The van der Waals surface area contributed by atoms with Crippen LogP contribution in [0.3, 0.4) is 0 Å². The summed E-state index contributed by atoms with van der Waals surface area (Å²) in [6.45, 7) is 2.21. The molecule has 2 aliphatic heterocycles. The fourth-order valence-electron chi connectivity index (χ4n) is 4.69. The van der Waals surface area contributed by atoms with Gasteiger partial charge in [-0.25, -0.2) is 4.79 Å². The van der Waals surface area contributed by atoms with Gasteiger partial charge in [-0.2, -0.15) is 0 Å². The molecule has 0 spiro atoms. The van der Waals surface area contributed by atoms with E-state index in [0.717, 1.165) is 0 Å². The molecular formula is C25H27N3O6. The van der Waals surface area contributed by atoms with Crippen molar-refractivity contribution in [3.05, 3.63) is 53.6 Å². The number of methoxy groups -OCH3 is 2. The van der Waals surface area contributed by atoms with Crippen LogP contribution in [-0.2, 0) is 14.3 Å². The van der Waals surface area contributed by atoms with Crippen molar-refractivity contribution in [3.8, 4) is 5.75 Å². The normalized spacial score (nSPS) is 18.9. The molecule has 3 amide bonds. The molecule has 0 saturated carbocycles. The molecule has 1 N–H and O–H groups in total. The van der Waals surface area contributed by atoms with E-state index in [9.17, 15) is 19.2 Å². The van der Waals surface area contributed by atoms with Crippen molar-refractivity contribution in [3.63, 3.8) is 0 Å². The van der Waals surface area contributed by atoms with Crippen LogP contribution in [0.2, 0.25) is 0 Å². The number of benzene rings is 2. The zero-order valence-electron chi connectivity index (χ0n) is 19.4. The van der Waals surface area contributed by atoms with Crippen LogP contribution in [0.4, 0.5) is 11.4 Å². The van der Waals surface area contributed by atoms with Gasteiger partial charge in [0.15, 0.2) is 0 Å². The van der Waals surface area contributed by atoms with Crippen LogP contribution in [0.1, 0.15) is 53.3 Å². The van der Waals surface area contributed by atoms with Crippen molar-refractivity contribution >= 4 is 35.1 Å². The number of rotatable bonds is 7. The minimum Gasteiger partial charge on any atom is -0.497 e. The van der Waals surface area contributed by atoms with E-state index >= 15 is 0 Å². The SMILES string of the molecule is COC(=O)c1cc(OC)ccc1NC(=O)CCCN1C(=O)c2ccccc2N2C(=O)CCC12C. The van der Waals surface area contributed by atoms with E-state index in [-0.39, 0.29) is 29.7 Å². The Morgan fingerprint density at radius 3 is 2.62 bits per heavy atom. The van der Waals surface area contributed by atoms with E-state index in [1.807, 2.05) is 13.0 Å². The molecule has 1 saturated heterocycles. The van der Waals surface area contributed by atoms with Gasteiger partial charge in [0.1, 0.15) is 11.4 Å². The molecule has 1 unspecified atom stereocenters. The molecule has 2 heterocycles. The molecule has 0 radical (unpaired) electrons. The minimum atomic E-state index is -0.757. The summed E-state index contributed by atoms with van der Waals surface area (Å²) in [7, 11) is 2.74. The van der Waals surface area contributed by atoms with Gasteiger partial charge in [-0.15, -0.1) is 0 Å². The van der Waals surface area contributed by atoms with Crippen molar-refractivity contribution in [2.75, 3.05) is 31.0 Å². The van der Waals surface area contributed by atoms with E-state index in [2.05, 4.69) is 5.32 Å². The first-order chi connectivity index (χ1) is 16.3. The predicted octanol–water partition coefficient (Wildman–Crippen LogP) is 3.20. The first-order valence-corrected chi connectivity index (χ1v) is 11.1. The molecule has 2 aromatic carbocycles. The van der Waals surface area contributed by atoms with Gasteiger partial charge in [0.2, 0.25) is 11.8 Å². The van der Waals surface area contributed by atoms with Crippen molar-refractivity contribution in [1.29, 1.82) is 0 Å². The maximum absolute atomic E-state index is 13.3. The van der Waals surface area contributed by atoms with Crippen molar-refractivity contribution in [1.82, 2.24) is 4.90 Å². The van der Waals surface area contributed by atoms with Crippen molar-refractivity contribution in [2.24, 2.45) is 0 Å². The largest absolute Gasteiger partial charge is 0.497 e. The molecule has 9 heteroatoms. The number of hydrogen-bond donors (Lipinski definition) is 1. The summed E-state index contributed by atoms with van der Waals surface area (Å²) in [5.74, 6) is -0.589. The number of anilines is 2. The first-order valence-electron chi connectivity index (χ1n) is 11.1. The fraction of sp³-hybridized carbons (Fsp3) is 0.360. The highest BCUT2D eigenvalue weighted by Gasteiger charge is 2.52. The van der Waals surface area contributed by atoms with Crippen molar-refractivity contribution < 1.29 is 28.7 Å². The Balaban J connectivity index is 1.46. The number of esters is 1. The Morgan fingerprint density at radius 2 is 1.88 bits per heavy atom. The van der Waals surface area contributed by atoms with Crippen LogP contribution in [0.25, 0.3) is 0 Å². The number of carbonyl (C=O) groups excluding carboxylic acids is 4. The summed E-state index contributed by atoms with van der Waals surface area (Å²) >= 11 is 0. The number of fused-ring (bicyclic) bond motifs is 3. The maximum Gasteiger partial charge on any atom is 0.340 e. The average Bonchev–Trinajstić information content (AvgIpc) is 3.15. The lowest BCUT2D eigenvalue weighted by molar-refractivity contribution is -0.118. The van der Waals surface area contributed by atoms with Crippen LogP contribution in [-0.4, -0.2) is 55.0 Å². The van der Waals surface area contributed by atoms with Crippen LogP contribution in [0.15, 0.2) is 42.5 Å². The van der Waals surface area contributed by atoms with Gasteiger partial charge in [-0.3, -0.25) is 19.3 Å². The number of hydrogen-bond acceptors (Lipinski definition) is 6. The van der Waals surface area contributed by atoms with Crippen LogP contribution in [0.5, 0.6) is 5.75 Å². The Hall–Kier alpha value is -3.88. The second-order valence-electron chi connectivity index (χ2n) is 8.47. The van der Waals surface area contributed by atoms with Crippen LogP contribution >= 0.6 is 0 Å². The molecule has 2 aromatic rings. The quantitative estimate of drug-likeness (QED) is 0.630. The molecule has 9 nitrogen and oxygen atoms in total. The van der Waals surface area contributed by atoms with Crippen molar-refractivity contribution in [2.45, 2.75) is 38.3 Å². The lowest BCUT2D eigenvalue weighted by Gasteiger charge is -2.48. The van der Waals surface area contributed by atoms with E-state index in [1.165, 1.54) is 20.3 Å². The van der Waals surface area contributed by atoms with Gasteiger partial charge in [0, 0.05) is 19.4 Å². The van der Waals surface area contributed by atoms with Gasteiger partial charge in [0.25, 0.3) is 5.91 Å². The van der Waals surface area contributed by atoms with Crippen LogP contribution < -0.4 is 15.0 Å². The highest BCUT2D eigenvalue weighted by molar-refractivity contribution is 6.10. The van der Waals surface area contributed by atoms with E-state index in [4.69, 9.17) is 9.47 Å². The lowest BCUT2D eigenvalue weighted by Crippen LogP contribution is -2.62. The number of carbonyl (C=O) groups is 4. The summed E-state index contributed by atoms with van der Waals surface area (Å²) in [6, 6.07) is 11.8. The molecule has 0 aromatic heterocycles. The van der Waals surface area contributed by atoms with E-state index < -0.39 is 11.6 Å². The van der Waals surface area contributed by atoms with E-state index in [0.29, 0.717) is 48.5 Å². The standard InChI is InChI=1S/C25H27N3O6/c1-25-13-12-22(30)28(25)20-8-5-4-7-17(20)23(31)27(25)14-6-9-21(29)26-19-11-10-16(33-2)15-18(19)24(32)34-3/h4-5,7-8,10-11,15H,6,9,12-14H2,1-3H3,(H,26,29). The van der Waals surface area contributed by atoms with Gasteiger partial charge < -0.3 is 19.7 Å². The third-order valence-electron chi connectivity index (χ3n) is 6.44. The Bertz CT molecular complexity index is 1160. The summed E-state index contributed by atoms with van der Waals surface area (Å²) in [5.41, 5.74) is 0.875. The summed E-state index contributed by atoms with van der Waals surface area (Å²) in [6.07, 6.45) is 1.42. The van der Waals surface area contributed by atoms with Gasteiger partial charge in [-0.1, -0.05) is 12.1 Å². The fourth-order valence-corrected chi connectivity index (χ4v) is 4.69. The number of para-hydroxylation sites is 1. The smallest absolute Gasteiger partial charge is 0.340 e. The maximum atomic E-state index is 13.3. The minimum absolute atomic E-state index is 0.0139. The highest BCUT2D eigenvalue weighted by atomic mass is 16.5. The van der Waals surface area contributed by atoms with E-state index in [1.54, 1.807) is 40.1 Å². The molecule has 1 fully saturated rings. The molecule has 0 aliphatic carbocycles. The average molecular weight is 466 g/mol. The molecule has 1 atom stereocenters. The van der Waals surface area contributed by atoms with Crippen LogP contribution in [0, 0.1) is 0 Å². The third kappa shape index (κ3) is 3.98. The summed E-state index contributed by atoms with van der Waals surface area (Å²) in [5, 5.41) is 2.74. The molecule has 34 heavy (non-hydrogen) atoms. The zero-order valence-corrected chi connectivity index (χ0v) is 19.4. The summed E-state index contributed by atoms with van der Waals surface area (Å²) < 4.78 is 9.94. The predicted molar refractivity (Wildman–Crippen MR) is 125 cm³/mol. The molecule has 2 aliphatic rings. The number of ether oxygens (including phenoxy) is 2. The van der Waals surface area contributed by atoms with Gasteiger partial charge in [0.05, 0.1) is 36.7 Å². The second-order valence-corrected chi connectivity index (χ2v) is 8.47. The molecule has 4 rings (SSSR count). The Labute approximate surface area is 197 Å². The Morgan fingerprint density at radius 1 is 1.12 bits per heavy atom. The first kappa shape index (κ1) is 23.3. The van der Waals surface area contributed by atoms with Gasteiger partial charge >= 0.3 is 5.97 Å². The lowest BCUT2D eigenvalue weighted by atomic mass is 9.98. The Kier molecular flexibility index (Phi) is 6.28. The second kappa shape index (κ2) is 9.17. The molecular weight excluding hydrogens is 438 g/mol. The summed E-state index contributed by atoms with van der Waals surface area (Å²) in [4.78, 5) is 54.1. The monoisotopic (exact) mass is 465 g/mol. The zero-order chi connectivity index (χ0) is 24.5. The molecule has 0 bridgehead atoms. The molecule has 178 valence electrons. The third-order valence-corrected chi connectivity index (χ3v) is 6.44. The number of amides is 3.